The van der Waals surface area contributed by atoms with Gasteiger partial charge < -0.3 is 9.47 Å². The molecule has 1 atom stereocenters. The highest BCUT2D eigenvalue weighted by Gasteiger charge is 2.33. The van der Waals surface area contributed by atoms with Gasteiger partial charge in [0.15, 0.2) is 4.80 Å². The van der Waals surface area contributed by atoms with E-state index in [9.17, 15) is 9.59 Å². The van der Waals surface area contributed by atoms with Crippen LogP contribution in [0.1, 0.15) is 44.9 Å². The van der Waals surface area contributed by atoms with Crippen molar-refractivity contribution in [2.24, 2.45) is 4.99 Å². The van der Waals surface area contributed by atoms with Crippen molar-refractivity contribution >= 4 is 35.0 Å². The van der Waals surface area contributed by atoms with E-state index in [0.29, 0.717) is 38.0 Å². The highest BCUT2D eigenvalue weighted by Crippen LogP contribution is 2.32. The maximum atomic E-state index is 13.6. The monoisotopic (exact) mass is 496 g/mol. The number of allylic oxidation sites excluding steroid dienone is 1. The molecule has 34 heavy (non-hydrogen) atoms. The van der Waals surface area contributed by atoms with E-state index < -0.39 is 12.0 Å². The van der Waals surface area contributed by atoms with Gasteiger partial charge in [-0.15, -0.1) is 0 Å². The van der Waals surface area contributed by atoms with Gasteiger partial charge in [-0.25, -0.2) is 9.79 Å². The highest BCUT2D eigenvalue weighted by molar-refractivity contribution is 7.07. The summed E-state index contributed by atoms with van der Waals surface area (Å²) in [4.78, 5) is 31.9. The van der Waals surface area contributed by atoms with Crippen LogP contribution in [0.25, 0.3) is 6.08 Å². The Bertz CT molecular complexity index is 1430. The number of rotatable bonds is 6. The van der Waals surface area contributed by atoms with Gasteiger partial charge in [0.2, 0.25) is 0 Å². The number of nitrogens with zero attached hydrogens (tertiary/aromatic N) is 2. The lowest BCUT2D eigenvalue weighted by Crippen LogP contribution is -2.40. The molecule has 176 valence electrons. The van der Waals surface area contributed by atoms with Crippen LogP contribution < -0.4 is 19.6 Å². The molecule has 0 N–H and O–H groups in total. The Morgan fingerprint density at radius 2 is 1.91 bits per heavy atom. The number of esters is 1. The lowest BCUT2D eigenvalue weighted by molar-refractivity contribution is -0.143. The van der Waals surface area contributed by atoms with E-state index in [1.807, 2.05) is 49.4 Å². The molecule has 1 aliphatic heterocycles. The molecular formula is C26H25ClN2O4S. The van der Waals surface area contributed by atoms with E-state index >= 15 is 0 Å². The number of hydrogen-bond acceptors (Lipinski definition) is 6. The molecule has 0 fully saturated rings. The second kappa shape index (κ2) is 9.99. The lowest BCUT2D eigenvalue weighted by atomic mass is 9.96. The van der Waals surface area contributed by atoms with Gasteiger partial charge in [-0.2, -0.15) is 0 Å². The van der Waals surface area contributed by atoms with Crippen LogP contribution in [0, 0.1) is 0 Å². The van der Waals surface area contributed by atoms with Crippen molar-refractivity contribution in [3.63, 3.8) is 0 Å². The van der Waals surface area contributed by atoms with E-state index in [-0.39, 0.29) is 11.7 Å². The van der Waals surface area contributed by atoms with Crippen LogP contribution in [-0.2, 0) is 9.53 Å². The average molecular weight is 497 g/mol. The van der Waals surface area contributed by atoms with Crippen LogP contribution in [0.3, 0.4) is 0 Å². The number of aromatic nitrogens is 1. The first-order valence-corrected chi connectivity index (χ1v) is 12.2. The summed E-state index contributed by atoms with van der Waals surface area (Å²) in [7, 11) is 0. The molecule has 0 spiro atoms. The van der Waals surface area contributed by atoms with Crippen LogP contribution in [-0.4, -0.2) is 23.2 Å². The first kappa shape index (κ1) is 24.0. The quantitative estimate of drug-likeness (QED) is 0.479. The number of ether oxygens (including phenoxy) is 2. The minimum Gasteiger partial charge on any atom is -0.494 e. The molecular weight excluding hydrogens is 472 g/mol. The Kier molecular flexibility index (Phi) is 7.05. The van der Waals surface area contributed by atoms with Crippen molar-refractivity contribution in [3.05, 3.63) is 95.6 Å². The van der Waals surface area contributed by atoms with Gasteiger partial charge in [-0.05, 0) is 63.1 Å². The molecule has 6 nitrogen and oxygen atoms in total. The number of thiazole rings is 1. The Balaban J connectivity index is 1.92. The summed E-state index contributed by atoms with van der Waals surface area (Å²) < 4.78 is 13.1. The van der Waals surface area contributed by atoms with Gasteiger partial charge in [-0.1, -0.05) is 53.3 Å². The third-order valence-electron chi connectivity index (χ3n) is 5.28. The van der Waals surface area contributed by atoms with Gasteiger partial charge >= 0.3 is 5.97 Å². The van der Waals surface area contributed by atoms with Crippen LogP contribution in [0.5, 0.6) is 5.75 Å². The summed E-state index contributed by atoms with van der Waals surface area (Å²) >= 11 is 7.58. The summed E-state index contributed by atoms with van der Waals surface area (Å²) in [5, 5.41) is 0.550. The standard InChI is InChI=1S/C26H25ClN2O4S/c1-5-32-19-12-10-17(11-13-19)23-22(25(31)33-15(2)3)16(4)28-26-29(23)24(30)21(34-26)14-18-8-6-7-9-20(18)27/h6-15,23H,5H2,1-4H3/b21-14+/t23-/m0/s1. The summed E-state index contributed by atoms with van der Waals surface area (Å²) in [6, 6.07) is 14.0. The van der Waals surface area contributed by atoms with Crippen LogP contribution in [0.15, 0.2) is 69.6 Å². The third kappa shape index (κ3) is 4.72. The number of carbonyl (C=O) groups excluding carboxylic acids is 1. The first-order valence-electron chi connectivity index (χ1n) is 11.0. The van der Waals surface area contributed by atoms with Crippen LogP contribution in [0.4, 0.5) is 0 Å². The van der Waals surface area contributed by atoms with Crippen molar-refractivity contribution in [2.45, 2.75) is 39.8 Å². The summed E-state index contributed by atoms with van der Waals surface area (Å²) in [5.74, 6) is 0.222. The molecule has 0 unspecified atom stereocenters. The molecule has 0 aliphatic carbocycles. The number of fused-ring (bicyclic) bond motifs is 1. The largest absolute Gasteiger partial charge is 0.494 e. The molecule has 1 aromatic heterocycles. The van der Waals surface area contributed by atoms with Gasteiger partial charge in [0.1, 0.15) is 5.75 Å². The summed E-state index contributed by atoms with van der Waals surface area (Å²) in [6.07, 6.45) is 1.45. The maximum absolute atomic E-state index is 13.6. The predicted molar refractivity (Wildman–Crippen MR) is 134 cm³/mol. The smallest absolute Gasteiger partial charge is 0.338 e. The number of carbonyl (C=O) groups is 1. The summed E-state index contributed by atoms with van der Waals surface area (Å²) in [5.41, 5.74) is 2.12. The fraction of sp³-hybridized carbons (Fsp3) is 0.269. The lowest BCUT2D eigenvalue weighted by Gasteiger charge is -2.25. The van der Waals surface area contributed by atoms with E-state index in [0.717, 1.165) is 11.1 Å². The van der Waals surface area contributed by atoms with Crippen molar-refractivity contribution < 1.29 is 14.3 Å². The van der Waals surface area contributed by atoms with Crippen molar-refractivity contribution in [3.8, 4) is 5.75 Å². The molecule has 2 aromatic carbocycles. The molecule has 1 aliphatic rings. The molecule has 0 saturated heterocycles. The molecule has 8 heteroatoms. The van der Waals surface area contributed by atoms with E-state index in [4.69, 9.17) is 21.1 Å². The average Bonchev–Trinajstić information content (AvgIpc) is 3.09. The zero-order chi connectivity index (χ0) is 24.4. The normalized spacial score (nSPS) is 15.8. The molecule has 4 rings (SSSR count). The molecule has 0 radical (unpaired) electrons. The van der Waals surface area contributed by atoms with E-state index in [2.05, 4.69) is 4.99 Å². The van der Waals surface area contributed by atoms with Gasteiger partial charge in [0.05, 0.1) is 34.6 Å². The maximum Gasteiger partial charge on any atom is 0.338 e. The number of benzene rings is 2. The minimum atomic E-state index is -0.674. The second-order valence-electron chi connectivity index (χ2n) is 8.06. The summed E-state index contributed by atoms with van der Waals surface area (Å²) in [6.45, 7) is 7.81. The van der Waals surface area contributed by atoms with Crippen LogP contribution >= 0.6 is 22.9 Å². The van der Waals surface area contributed by atoms with Gasteiger partial charge in [0.25, 0.3) is 5.56 Å². The van der Waals surface area contributed by atoms with E-state index in [1.54, 1.807) is 37.5 Å². The Morgan fingerprint density at radius 1 is 1.21 bits per heavy atom. The fourth-order valence-corrected chi connectivity index (χ4v) is 5.05. The van der Waals surface area contributed by atoms with Crippen molar-refractivity contribution in [1.29, 1.82) is 0 Å². The van der Waals surface area contributed by atoms with Crippen molar-refractivity contribution in [1.82, 2.24) is 4.57 Å². The SMILES string of the molecule is CCOc1ccc([C@H]2C(C(=O)OC(C)C)=C(C)N=c3s/c(=C/c4ccccc4Cl)c(=O)n32)cc1. The number of halogens is 1. The molecule has 0 saturated carbocycles. The fourth-order valence-electron chi connectivity index (χ4n) is 3.82. The molecule has 0 bridgehead atoms. The van der Waals surface area contributed by atoms with Crippen LogP contribution in [0.2, 0.25) is 5.02 Å². The molecule has 0 amide bonds. The molecule has 3 aromatic rings. The van der Waals surface area contributed by atoms with Gasteiger partial charge in [0, 0.05) is 5.02 Å². The third-order valence-corrected chi connectivity index (χ3v) is 6.61. The topological polar surface area (TPSA) is 69.9 Å². The predicted octanol–water partition coefficient (Wildman–Crippen LogP) is 4.24. The Morgan fingerprint density at radius 3 is 2.56 bits per heavy atom. The van der Waals surface area contributed by atoms with E-state index in [1.165, 1.54) is 11.3 Å². The first-order chi connectivity index (χ1) is 16.3. The Labute approximate surface area is 206 Å². The zero-order valence-electron chi connectivity index (χ0n) is 19.4. The number of hydrogen-bond donors (Lipinski definition) is 0. The van der Waals surface area contributed by atoms with Gasteiger partial charge in [-0.3, -0.25) is 9.36 Å². The zero-order valence-corrected chi connectivity index (χ0v) is 20.9. The second-order valence-corrected chi connectivity index (χ2v) is 9.48. The Hall–Kier alpha value is -3.16. The highest BCUT2D eigenvalue weighted by atomic mass is 35.5. The molecule has 2 heterocycles. The van der Waals surface area contributed by atoms with Crippen molar-refractivity contribution in [2.75, 3.05) is 6.61 Å². The minimum absolute atomic E-state index is 0.245.